The van der Waals surface area contributed by atoms with Gasteiger partial charge >= 0.3 is 5.97 Å². The van der Waals surface area contributed by atoms with E-state index in [0.29, 0.717) is 44.3 Å². The summed E-state index contributed by atoms with van der Waals surface area (Å²) in [6.07, 6.45) is 0. The molecule has 2 aromatic heterocycles. The Hall–Kier alpha value is -4.07. The van der Waals surface area contributed by atoms with Crippen LogP contribution in [0.2, 0.25) is 10.0 Å². The first-order valence-electron chi connectivity index (χ1n) is 10.4. The van der Waals surface area contributed by atoms with Gasteiger partial charge < -0.3 is 14.6 Å². The van der Waals surface area contributed by atoms with Crippen LogP contribution in [0.4, 0.5) is 0 Å². The lowest BCUT2D eigenvalue weighted by Gasteiger charge is -2.11. The van der Waals surface area contributed by atoms with Gasteiger partial charge in [-0.2, -0.15) is 5.10 Å². The third kappa shape index (κ3) is 4.64. The second kappa shape index (κ2) is 9.29. The Bertz CT molecular complexity index is 1570. The number of methoxy groups -OCH3 is 1. The van der Waals surface area contributed by atoms with Crippen LogP contribution in [-0.2, 0) is 0 Å². The standard InChI is InChI=1S/C26H17Cl2N3O4/c1-34-24-11-16(7-10-20(24)28)23-13-21(29-25-14-22(26(32)33)30-31(23)25)15-5-8-18(9-6-15)35-19-4-2-3-17(27)12-19/h2-14H,1H3,(H,32,33). The maximum absolute atomic E-state index is 11.6. The fourth-order valence-electron chi connectivity index (χ4n) is 3.61. The van der Waals surface area contributed by atoms with Crippen LogP contribution in [0.5, 0.6) is 17.2 Å². The van der Waals surface area contributed by atoms with Crippen molar-refractivity contribution in [2.24, 2.45) is 0 Å². The maximum atomic E-state index is 11.6. The van der Waals surface area contributed by atoms with Crippen LogP contribution in [0.25, 0.3) is 28.2 Å². The molecule has 0 amide bonds. The van der Waals surface area contributed by atoms with Crippen LogP contribution in [-0.4, -0.2) is 32.8 Å². The van der Waals surface area contributed by atoms with E-state index >= 15 is 0 Å². The topological polar surface area (TPSA) is 86.0 Å². The lowest BCUT2D eigenvalue weighted by Crippen LogP contribution is -2.01. The smallest absolute Gasteiger partial charge is 0.356 e. The number of carboxylic acids is 1. The molecular formula is C26H17Cl2N3O4. The van der Waals surface area contributed by atoms with Gasteiger partial charge in [-0.05, 0) is 60.7 Å². The fourth-order valence-corrected chi connectivity index (χ4v) is 3.99. The number of hydrogen-bond acceptors (Lipinski definition) is 5. The summed E-state index contributed by atoms with van der Waals surface area (Å²) >= 11 is 12.2. The van der Waals surface area contributed by atoms with Crippen molar-refractivity contribution in [1.29, 1.82) is 0 Å². The summed E-state index contributed by atoms with van der Waals surface area (Å²) in [7, 11) is 1.53. The molecule has 3 aromatic carbocycles. The average Bonchev–Trinajstić information content (AvgIpc) is 3.29. The van der Waals surface area contributed by atoms with Crippen molar-refractivity contribution in [2.75, 3.05) is 7.11 Å². The van der Waals surface area contributed by atoms with Gasteiger partial charge in [-0.1, -0.05) is 35.3 Å². The number of rotatable bonds is 6. The fraction of sp³-hybridized carbons (Fsp3) is 0.0385. The van der Waals surface area contributed by atoms with E-state index in [9.17, 15) is 9.90 Å². The number of carboxylic acid groups (broad SMARTS) is 1. The lowest BCUT2D eigenvalue weighted by atomic mass is 10.1. The van der Waals surface area contributed by atoms with Gasteiger partial charge in [0.1, 0.15) is 17.2 Å². The van der Waals surface area contributed by atoms with Crippen LogP contribution >= 0.6 is 23.2 Å². The molecule has 0 saturated carbocycles. The number of fused-ring (bicyclic) bond motifs is 1. The van der Waals surface area contributed by atoms with Crippen LogP contribution < -0.4 is 9.47 Å². The zero-order valence-electron chi connectivity index (χ0n) is 18.3. The summed E-state index contributed by atoms with van der Waals surface area (Å²) in [6.45, 7) is 0. The van der Waals surface area contributed by atoms with E-state index < -0.39 is 5.97 Å². The van der Waals surface area contributed by atoms with Gasteiger partial charge in [0.2, 0.25) is 0 Å². The number of hydrogen-bond donors (Lipinski definition) is 1. The minimum absolute atomic E-state index is 0.109. The normalized spacial score (nSPS) is 10.9. The average molecular weight is 506 g/mol. The Morgan fingerprint density at radius 2 is 1.69 bits per heavy atom. The molecule has 2 heterocycles. The van der Waals surface area contributed by atoms with Gasteiger partial charge in [-0.25, -0.2) is 14.3 Å². The number of benzene rings is 3. The van der Waals surface area contributed by atoms with Gasteiger partial charge in [-0.3, -0.25) is 0 Å². The number of ether oxygens (including phenoxy) is 2. The van der Waals surface area contributed by atoms with E-state index in [4.69, 9.17) is 32.7 Å². The van der Waals surface area contributed by atoms with Crippen molar-refractivity contribution in [2.45, 2.75) is 0 Å². The Morgan fingerprint density at radius 1 is 0.914 bits per heavy atom. The van der Waals surface area contributed by atoms with E-state index in [1.54, 1.807) is 24.3 Å². The number of aromatic carboxylic acids is 1. The van der Waals surface area contributed by atoms with Crippen molar-refractivity contribution in [3.8, 4) is 39.8 Å². The number of carbonyl (C=O) groups is 1. The molecule has 7 nitrogen and oxygen atoms in total. The molecule has 9 heteroatoms. The van der Waals surface area contributed by atoms with Crippen molar-refractivity contribution in [3.05, 3.63) is 94.6 Å². The second-order valence-corrected chi connectivity index (χ2v) is 8.41. The highest BCUT2D eigenvalue weighted by molar-refractivity contribution is 6.32. The Balaban J connectivity index is 1.58. The zero-order valence-corrected chi connectivity index (χ0v) is 19.8. The van der Waals surface area contributed by atoms with Crippen molar-refractivity contribution in [1.82, 2.24) is 14.6 Å². The summed E-state index contributed by atoms with van der Waals surface area (Å²) in [4.78, 5) is 16.2. The first kappa shape index (κ1) is 22.7. The molecule has 35 heavy (non-hydrogen) atoms. The van der Waals surface area contributed by atoms with Gasteiger partial charge in [0.25, 0.3) is 0 Å². The molecule has 0 radical (unpaired) electrons. The third-order valence-corrected chi connectivity index (χ3v) is 5.82. The maximum Gasteiger partial charge on any atom is 0.356 e. The molecule has 0 bridgehead atoms. The van der Waals surface area contributed by atoms with Crippen molar-refractivity contribution >= 4 is 34.8 Å². The lowest BCUT2D eigenvalue weighted by molar-refractivity contribution is 0.0690. The molecule has 0 atom stereocenters. The van der Waals surface area contributed by atoms with E-state index in [1.165, 1.54) is 17.7 Å². The van der Waals surface area contributed by atoms with Crippen LogP contribution in [0.15, 0.2) is 78.9 Å². The monoisotopic (exact) mass is 505 g/mol. The molecule has 0 aliphatic rings. The molecule has 0 spiro atoms. The molecule has 5 rings (SSSR count). The van der Waals surface area contributed by atoms with Crippen LogP contribution in [0.1, 0.15) is 10.5 Å². The Labute approximate surface area is 210 Å². The SMILES string of the molecule is COc1cc(-c2cc(-c3ccc(Oc4cccc(Cl)c4)cc3)nc3cc(C(=O)O)nn23)ccc1Cl. The molecule has 0 unspecified atom stereocenters. The number of aromatic nitrogens is 3. The molecule has 0 aliphatic carbocycles. The molecule has 0 aliphatic heterocycles. The highest BCUT2D eigenvalue weighted by atomic mass is 35.5. The summed E-state index contributed by atoms with van der Waals surface area (Å²) in [5, 5.41) is 14.7. The predicted octanol–water partition coefficient (Wildman–Crippen LogP) is 6.87. The van der Waals surface area contributed by atoms with E-state index in [-0.39, 0.29) is 5.69 Å². The summed E-state index contributed by atoms with van der Waals surface area (Å²) in [5.41, 5.74) is 3.09. The first-order chi connectivity index (χ1) is 16.9. The van der Waals surface area contributed by atoms with Crippen molar-refractivity contribution in [3.63, 3.8) is 0 Å². The third-order valence-electron chi connectivity index (χ3n) is 5.28. The Morgan fingerprint density at radius 3 is 2.40 bits per heavy atom. The predicted molar refractivity (Wildman–Crippen MR) is 134 cm³/mol. The van der Waals surface area contributed by atoms with Gasteiger partial charge in [0.05, 0.1) is 23.5 Å². The second-order valence-electron chi connectivity index (χ2n) is 7.56. The van der Waals surface area contributed by atoms with Gasteiger partial charge in [0, 0.05) is 22.2 Å². The molecular weight excluding hydrogens is 489 g/mol. The highest BCUT2D eigenvalue weighted by Gasteiger charge is 2.17. The summed E-state index contributed by atoms with van der Waals surface area (Å²) in [5.74, 6) is 0.615. The number of nitrogens with zero attached hydrogens (tertiary/aromatic N) is 3. The molecule has 0 saturated heterocycles. The zero-order chi connectivity index (χ0) is 24.5. The van der Waals surface area contributed by atoms with Gasteiger partial charge in [0.15, 0.2) is 11.3 Å². The van der Waals surface area contributed by atoms with E-state index in [0.717, 1.165) is 11.1 Å². The van der Waals surface area contributed by atoms with E-state index in [2.05, 4.69) is 10.1 Å². The molecule has 0 fully saturated rings. The quantitative estimate of drug-likeness (QED) is 0.271. The summed E-state index contributed by atoms with van der Waals surface area (Å²) in [6, 6.07) is 23.1. The molecule has 5 aromatic rings. The largest absolute Gasteiger partial charge is 0.495 e. The highest BCUT2D eigenvalue weighted by Crippen LogP contribution is 2.33. The van der Waals surface area contributed by atoms with Crippen LogP contribution in [0.3, 0.4) is 0 Å². The van der Waals surface area contributed by atoms with E-state index in [1.807, 2.05) is 48.5 Å². The summed E-state index contributed by atoms with van der Waals surface area (Å²) < 4.78 is 12.7. The van der Waals surface area contributed by atoms with Gasteiger partial charge in [-0.15, -0.1) is 0 Å². The molecule has 1 N–H and O–H groups in total. The minimum atomic E-state index is -1.14. The minimum Gasteiger partial charge on any atom is -0.495 e. The Kier molecular flexibility index (Phi) is 6.03. The van der Waals surface area contributed by atoms with Crippen LogP contribution in [0, 0.1) is 0 Å². The van der Waals surface area contributed by atoms with Crippen molar-refractivity contribution < 1.29 is 19.4 Å². The molecule has 174 valence electrons. The number of halogens is 2. The first-order valence-corrected chi connectivity index (χ1v) is 11.2.